The first-order chi connectivity index (χ1) is 9.24. The van der Waals surface area contributed by atoms with Gasteiger partial charge in [-0.05, 0) is 11.4 Å². The summed E-state index contributed by atoms with van der Waals surface area (Å²) in [7, 11) is 1.81. The zero-order chi connectivity index (χ0) is 13.2. The average Bonchev–Trinajstić information content (AvgIpc) is 3.11. The van der Waals surface area contributed by atoms with Crippen molar-refractivity contribution in [1.82, 2.24) is 25.0 Å². The van der Waals surface area contributed by atoms with E-state index in [1.807, 2.05) is 24.6 Å². The molecule has 0 radical (unpaired) electrons. The van der Waals surface area contributed by atoms with E-state index in [2.05, 4.69) is 20.4 Å². The number of anilines is 1. The molecule has 0 unspecified atom stereocenters. The van der Waals surface area contributed by atoms with Gasteiger partial charge in [-0.15, -0.1) is 31.7 Å². The molecular formula is C10H10N6OS2. The second-order valence-electron chi connectivity index (χ2n) is 3.67. The first-order valence-corrected chi connectivity index (χ1v) is 7.24. The van der Waals surface area contributed by atoms with Crippen LogP contribution in [0, 0.1) is 0 Å². The lowest BCUT2D eigenvalue weighted by Gasteiger charge is -1.97. The van der Waals surface area contributed by atoms with Crippen LogP contribution in [-0.4, -0.2) is 25.0 Å². The summed E-state index contributed by atoms with van der Waals surface area (Å²) in [5.74, 6) is 2.01. The normalized spacial score (nSPS) is 11.0. The molecule has 3 aromatic rings. The molecule has 3 aromatic heterocycles. The molecule has 3 rings (SSSR count). The van der Waals surface area contributed by atoms with Crippen LogP contribution in [-0.2, 0) is 12.8 Å². The van der Waals surface area contributed by atoms with Gasteiger partial charge in [0, 0.05) is 7.05 Å². The Bertz CT molecular complexity index is 674. The topological polar surface area (TPSA) is 95.7 Å². The average molecular weight is 294 g/mol. The van der Waals surface area contributed by atoms with Crippen molar-refractivity contribution in [3.05, 3.63) is 23.4 Å². The molecule has 7 nitrogen and oxygen atoms in total. The number of aromatic nitrogens is 5. The minimum absolute atomic E-state index is 0.382. The maximum atomic E-state index is 5.60. The highest BCUT2D eigenvalue weighted by Gasteiger charge is 2.12. The van der Waals surface area contributed by atoms with Gasteiger partial charge in [-0.3, -0.25) is 4.57 Å². The van der Waals surface area contributed by atoms with E-state index in [9.17, 15) is 0 Å². The van der Waals surface area contributed by atoms with Crippen molar-refractivity contribution >= 4 is 29.0 Å². The van der Waals surface area contributed by atoms with Crippen molar-refractivity contribution in [2.75, 3.05) is 5.73 Å². The summed E-state index contributed by atoms with van der Waals surface area (Å²) in [6.45, 7) is 0. The second kappa shape index (κ2) is 5.02. The molecule has 0 atom stereocenters. The SMILES string of the molecule is Cn1c(N)nnc1SCc1nnc(-c2cccs2)o1. The smallest absolute Gasteiger partial charge is 0.257 e. The first-order valence-electron chi connectivity index (χ1n) is 5.38. The minimum Gasteiger partial charge on any atom is -0.419 e. The third-order valence-corrected chi connectivity index (χ3v) is 4.25. The van der Waals surface area contributed by atoms with Gasteiger partial charge in [-0.2, -0.15) is 0 Å². The lowest BCUT2D eigenvalue weighted by molar-refractivity contribution is 0.529. The number of thioether (sulfide) groups is 1. The fraction of sp³-hybridized carbons (Fsp3) is 0.200. The van der Waals surface area contributed by atoms with Crippen LogP contribution >= 0.6 is 23.1 Å². The van der Waals surface area contributed by atoms with Crippen molar-refractivity contribution in [2.24, 2.45) is 7.05 Å². The fourth-order valence-corrected chi connectivity index (χ4v) is 2.79. The number of nitrogens with two attached hydrogens (primary N) is 1. The first kappa shape index (κ1) is 12.2. The number of nitrogen functional groups attached to an aromatic ring is 1. The lowest BCUT2D eigenvalue weighted by atomic mass is 10.5. The summed E-state index contributed by atoms with van der Waals surface area (Å²) < 4.78 is 7.28. The molecule has 2 N–H and O–H groups in total. The summed E-state index contributed by atoms with van der Waals surface area (Å²) in [6.07, 6.45) is 0. The van der Waals surface area contributed by atoms with Crippen LogP contribution in [0.25, 0.3) is 10.8 Å². The van der Waals surface area contributed by atoms with Crippen LogP contribution in [0.2, 0.25) is 0 Å². The number of hydrogen-bond donors (Lipinski definition) is 1. The Morgan fingerprint density at radius 1 is 1.37 bits per heavy atom. The van der Waals surface area contributed by atoms with Gasteiger partial charge in [0.25, 0.3) is 5.89 Å². The molecule has 98 valence electrons. The molecule has 9 heteroatoms. The van der Waals surface area contributed by atoms with Gasteiger partial charge in [-0.25, -0.2) is 0 Å². The molecule has 0 fully saturated rings. The number of thiophene rings is 1. The monoisotopic (exact) mass is 294 g/mol. The van der Waals surface area contributed by atoms with Gasteiger partial charge in [0.05, 0.1) is 10.6 Å². The predicted molar refractivity (Wildman–Crippen MR) is 72.6 cm³/mol. The second-order valence-corrected chi connectivity index (χ2v) is 5.56. The molecule has 0 bridgehead atoms. The van der Waals surface area contributed by atoms with Crippen molar-refractivity contribution in [1.29, 1.82) is 0 Å². The zero-order valence-corrected chi connectivity index (χ0v) is 11.6. The maximum absolute atomic E-state index is 5.60. The molecule has 3 heterocycles. The highest BCUT2D eigenvalue weighted by atomic mass is 32.2. The van der Waals surface area contributed by atoms with E-state index in [4.69, 9.17) is 10.2 Å². The summed E-state index contributed by atoms with van der Waals surface area (Å²) >= 11 is 3.01. The molecule has 0 saturated heterocycles. The fourth-order valence-electron chi connectivity index (χ4n) is 1.39. The Morgan fingerprint density at radius 2 is 2.26 bits per heavy atom. The molecule has 0 aromatic carbocycles. The van der Waals surface area contributed by atoms with Crippen molar-refractivity contribution in [3.8, 4) is 10.8 Å². The molecule has 0 amide bonds. The molecule has 0 saturated carbocycles. The summed E-state index contributed by atoms with van der Waals surface area (Å²) in [5.41, 5.74) is 5.60. The highest BCUT2D eigenvalue weighted by Crippen LogP contribution is 2.26. The Balaban J connectivity index is 1.69. The Kier molecular flexibility index (Phi) is 3.22. The number of rotatable bonds is 4. The van der Waals surface area contributed by atoms with Crippen molar-refractivity contribution < 1.29 is 4.42 Å². The van der Waals surface area contributed by atoms with E-state index in [0.717, 1.165) is 4.88 Å². The van der Waals surface area contributed by atoms with Crippen molar-refractivity contribution in [3.63, 3.8) is 0 Å². The Labute approximate surface area is 116 Å². The Hall–Kier alpha value is -1.87. The molecule has 0 aliphatic rings. The van der Waals surface area contributed by atoms with Gasteiger partial charge in [0.15, 0.2) is 5.16 Å². The van der Waals surface area contributed by atoms with E-state index >= 15 is 0 Å². The number of nitrogens with zero attached hydrogens (tertiary/aromatic N) is 5. The van der Waals surface area contributed by atoms with E-state index in [1.165, 1.54) is 11.8 Å². The highest BCUT2D eigenvalue weighted by molar-refractivity contribution is 7.98. The maximum Gasteiger partial charge on any atom is 0.257 e. The lowest BCUT2D eigenvalue weighted by Crippen LogP contribution is -1.98. The van der Waals surface area contributed by atoms with Gasteiger partial charge >= 0.3 is 0 Å². The van der Waals surface area contributed by atoms with E-state index < -0.39 is 0 Å². The predicted octanol–water partition coefficient (Wildman–Crippen LogP) is 1.80. The van der Waals surface area contributed by atoms with E-state index in [-0.39, 0.29) is 0 Å². The van der Waals surface area contributed by atoms with Crippen LogP contribution in [0.15, 0.2) is 27.1 Å². The standard InChI is InChI=1S/C10H10N6OS2/c1-16-9(11)14-15-10(16)19-5-7-12-13-8(17-7)6-3-2-4-18-6/h2-4H,5H2,1H3,(H2,11,14). The van der Waals surface area contributed by atoms with Gasteiger partial charge < -0.3 is 10.2 Å². The van der Waals surface area contributed by atoms with Crippen LogP contribution < -0.4 is 5.73 Å². The van der Waals surface area contributed by atoms with E-state index in [0.29, 0.717) is 28.6 Å². The summed E-state index contributed by atoms with van der Waals surface area (Å²) in [5, 5.41) is 18.4. The zero-order valence-electron chi connectivity index (χ0n) is 9.98. The largest absolute Gasteiger partial charge is 0.419 e. The minimum atomic E-state index is 0.382. The summed E-state index contributed by atoms with van der Waals surface area (Å²) in [6, 6.07) is 3.89. The third-order valence-electron chi connectivity index (χ3n) is 2.39. The van der Waals surface area contributed by atoms with Gasteiger partial charge in [0.2, 0.25) is 11.8 Å². The van der Waals surface area contributed by atoms with Crippen LogP contribution in [0.1, 0.15) is 5.89 Å². The molecule has 0 spiro atoms. The molecule has 19 heavy (non-hydrogen) atoms. The molecule has 0 aliphatic heterocycles. The van der Waals surface area contributed by atoms with Crippen molar-refractivity contribution in [2.45, 2.75) is 10.9 Å². The molecule has 0 aliphatic carbocycles. The van der Waals surface area contributed by atoms with Crippen LogP contribution in [0.3, 0.4) is 0 Å². The number of hydrogen-bond acceptors (Lipinski definition) is 8. The van der Waals surface area contributed by atoms with Gasteiger partial charge in [0.1, 0.15) is 0 Å². The van der Waals surface area contributed by atoms with Crippen LogP contribution in [0.5, 0.6) is 0 Å². The quantitative estimate of drug-likeness (QED) is 0.733. The van der Waals surface area contributed by atoms with E-state index in [1.54, 1.807) is 15.9 Å². The van der Waals surface area contributed by atoms with Crippen LogP contribution in [0.4, 0.5) is 5.95 Å². The van der Waals surface area contributed by atoms with Gasteiger partial charge in [-0.1, -0.05) is 17.8 Å². The summed E-state index contributed by atoms with van der Waals surface area (Å²) in [4.78, 5) is 0.964. The Morgan fingerprint density at radius 3 is 2.95 bits per heavy atom. The third kappa shape index (κ3) is 2.47. The molecular weight excluding hydrogens is 284 g/mol.